The molecule has 0 saturated carbocycles. The van der Waals surface area contributed by atoms with E-state index in [1.54, 1.807) is 0 Å². The van der Waals surface area contributed by atoms with Crippen molar-refractivity contribution in [3.05, 3.63) is 47.7 Å². The van der Waals surface area contributed by atoms with Gasteiger partial charge in [0.15, 0.2) is 0 Å². The molecule has 0 N–H and O–H groups in total. The molecule has 21 heavy (non-hydrogen) atoms. The summed E-state index contributed by atoms with van der Waals surface area (Å²) in [4.78, 5) is 4.75. The van der Waals surface area contributed by atoms with Crippen LogP contribution in [0.25, 0.3) is 11.3 Å². The molecule has 0 amide bonds. The van der Waals surface area contributed by atoms with Crippen LogP contribution in [0.3, 0.4) is 0 Å². The highest BCUT2D eigenvalue weighted by molar-refractivity contribution is 6.89. The van der Waals surface area contributed by atoms with Gasteiger partial charge in [-0.05, 0) is 36.6 Å². The van der Waals surface area contributed by atoms with E-state index in [-0.39, 0.29) is 0 Å². The molecule has 1 aromatic heterocycles. The maximum Gasteiger partial charge on any atom is 0.0799 e. The number of hydrogen-bond donors (Lipinski definition) is 0. The van der Waals surface area contributed by atoms with Crippen LogP contribution < -0.4 is 5.19 Å². The Morgan fingerprint density at radius 1 is 1.05 bits per heavy atom. The number of rotatable bonds is 5. The second-order valence-corrected chi connectivity index (χ2v) is 12.0. The first-order valence-electron chi connectivity index (χ1n) is 7.98. The molecule has 2 aromatic rings. The minimum atomic E-state index is -1.32. The van der Waals surface area contributed by atoms with Crippen LogP contribution in [0.15, 0.2) is 36.5 Å². The largest absolute Gasteiger partial charge is 0.256 e. The normalized spacial score (nSPS) is 11.7. The first kappa shape index (κ1) is 16.0. The van der Waals surface area contributed by atoms with Gasteiger partial charge in [-0.3, -0.25) is 4.98 Å². The third-order valence-corrected chi connectivity index (χ3v) is 6.01. The van der Waals surface area contributed by atoms with Crippen LogP contribution in [0.1, 0.15) is 30.9 Å². The van der Waals surface area contributed by atoms with Crippen molar-refractivity contribution in [2.45, 2.75) is 52.8 Å². The molecule has 0 unspecified atom stereocenters. The third-order valence-electron chi connectivity index (χ3n) is 3.94. The highest BCUT2D eigenvalue weighted by Crippen LogP contribution is 2.20. The minimum Gasteiger partial charge on any atom is -0.256 e. The number of hydrogen-bond acceptors (Lipinski definition) is 1. The summed E-state index contributed by atoms with van der Waals surface area (Å²) in [6, 6.07) is 11.0. The number of unbranched alkanes of at least 4 members (excludes halogenated alkanes) is 1. The van der Waals surface area contributed by atoms with E-state index in [1.807, 2.05) is 0 Å². The van der Waals surface area contributed by atoms with Gasteiger partial charge < -0.3 is 0 Å². The molecule has 0 atom stereocenters. The number of nitrogens with zero attached hydrogens (tertiary/aromatic N) is 1. The molecule has 1 heterocycles. The molecule has 0 radical (unpaired) electrons. The van der Waals surface area contributed by atoms with E-state index in [1.165, 1.54) is 41.1 Å². The van der Waals surface area contributed by atoms with E-state index in [9.17, 15) is 0 Å². The van der Waals surface area contributed by atoms with Crippen molar-refractivity contribution in [3.8, 4) is 11.3 Å². The van der Waals surface area contributed by atoms with Crippen molar-refractivity contribution in [1.82, 2.24) is 4.98 Å². The monoisotopic (exact) mass is 297 g/mol. The summed E-state index contributed by atoms with van der Waals surface area (Å²) in [7, 11) is -1.32. The van der Waals surface area contributed by atoms with Gasteiger partial charge in [0.2, 0.25) is 0 Å². The van der Waals surface area contributed by atoms with Crippen LogP contribution in [-0.4, -0.2) is 13.1 Å². The molecule has 1 aromatic carbocycles. The molecule has 1 nitrogen and oxygen atoms in total. The number of pyridine rings is 1. The van der Waals surface area contributed by atoms with Gasteiger partial charge in [-0.2, -0.15) is 0 Å². The average molecular weight is 298 g/mol. The van der Waals surface area contributed by atoms with Gasteiger partial charge in [0.25, 0.3) is 0 Å². The molecular weight excluding hydrogens is 270 g/mol. The first-order chi connectivity index (χ1) is 9.91. The fourth-order valence-electron chi connectivity index (χ4n) is 2.63. The Balaban J connectivity index is 2.43. The highest BCUT2D eigenvalue weighted by Gasteiger charge is 2.21. The van der Waals surface area contributed by atoms with Gasteiger partial charge in [-0.1, -0.05) is 62.8 Å². The summed E-state index contributed by atoms with van der Waals surface area (Å²) in [6.07, 6.45) is 5.83. The van der Waals surface area contributed by atoms with Crippen LogP contribution >= 0.6 is 0 Å². The van der Waals surface area contributed by atoms with Gasteiger partial charge in [0.05, 0.1) is 13.8 Å². The molecule has 0 aliphatic heterocycles. The fraction of sp³-hybridized carbons (Fsp3) is 0.421. The Morgan fingerprint density at radius 3 is 2.29 bits per heavy atom. The smallest absolute Gasteiger partial charge is 0.0799 e. The van der Waals surface area contributed by atoms with Crippen LogP contribution in [0.4, 0.5) is 0 Å². The molecule has 2 heteroatoms. The zero-order chi connectivity index (χ0) is 15.5. The summed E-state index contributed by atoms with van der Waals surface area (Å²) < 4.78 is 0. The SMILES string of the molecule is CCCCc1cc(-c2ccc(C)cc2)ncc1[Si](C)(C)C. The Bertz CT molecular complexity index is 594. The van der Waals surface area contributed by atoms with E-state index in [0.717, 1.165) is 5.69 Å². The molecule has 2 rings (SSSR count). The average Bonchev–Trinajstić information content (AvgIpc) is 2.44. The van der Waals surface area contributed by atoms with E-state index in [0.29, 0.717) is 0 Å². The second kappa shape index (κ2) is 6.57. The zero-order valence-corrected chi connectivity index (χ0v) is 15.0. The van der Waals surface area contributed by atoms with Crippen molar-refractivity contribution in [2.24, 2.45) is 0 Å². The Kier molecular flexibility index (Phi) is 4.99. The maximum atomic E-state index is 4.75. The van der Waals surface area contributed by atoms with Gasteiger partial charge in [0, 0.05) is 11.8 Å². The molecule has 0 aliphatic rings. The summed E-state index contributed by atoms with van der Waals surface area (Å²) in [5.41, 5.74) is 5.15. The Morgan fingerprint density at radius 2 is 1.71 bits per heavy atom. The predicted molar refractivity (Wildman–Crippen MR) is 96.0 cm³/mol. The van der Waals surface area contributed by atoms with E-state index < -0.39 is 8.07 Å². The van der Waals surface area contributed by atoms with Crippen molar-refractivity contribution >= 4 is 13.3 Å². The minimum absolute atomic E-state index is 1.11. The molecule has 0 fully saturated rings. The van der Waals surface area contributed by atoms with Crippen LogP contribution in [-0.2, 0) is 6.42 Å². The van der Waals surface area contributed by atoms with Crippen molar-refractivity contribution < 1.29 is 0 Å². The van der Waals surface area contributed by atoms with Crippen LogP contribution in [0, 0.1) is 6.92 Å². The molecule has 0 aliphatic carbocycles. The summed E-state index contributed by atoms with van der Waals surface area (Å²) in [6.45, 7) is 11.6. The van der Waals surface area contributed by atoms with E-state index >= 15 is 0 Å². The lowest BCUT2D eigenvalue weighted by molar-refractivity contribution is 0.796. The van der Waals surface area contributed by atoms with Crippen molar-refractivity contribution in [1.29, 1.82) is 0 Å². The van der Waals surface area contributed by atoms with Gasteiger partial charge in [-0.15, -0.1) is 0 Å². The summed E-state index contributed by atoms with van der Waals surface area (Å²) >= 11 is 0. The van der Waals surface area contributed by atoms with Gasteiger partial charge in [-0.25, -0.2) is 0 Å². The van der Waals surface area contributed by atoms with Gasteiger partial charge in [0.1, 0.15) is 0 Å². The van der Waals surface area contributed by atoms with E-state index in [4.69, 9.17) is 4.98 Å². The molecule has 112 valence electrons. The van der Waals surface area contributed by atoms with Crippen molar-refractivity contribution in [2.75, 3.05) is 0 Å². The van der Waals surface area contributed by atoms with E-state index in [2.05, 4.69) is 70.0 Å². The van der Waals surface area contributed by atoms with Crippen molar-refractivity contribution in [3.63, 3.8) is 0 Å². The molecule has 0 spiro atoms. The third kappa shape index (κ3) is 4.04. The number of aryl methyl sites for hydroxylation is 2. The fourth-order valence-corrected chi connectivity index (χ4v) is 4.24. The second-order valence-electron chi connectivity index (χ2n) is 6.95. The quantitative estimate of drug-likeness (QED) is 0.712. The summed E-state index contributed by atoms with van der Waals surface area (Å²) in [5.74, 6) is 0. The molecular formula is C19H27NSi. The summed E-state index contributed by atoms with van der Waals surface area (Å²) in [5, 5.41) is 1.52. The molecule has 0 bridgehead atoms. The number of benzene rings is 1. The topological polar surface area (TPSA) is 12.9 Å². The zero-order valence-electron chi connectivity index (χ0n) is 14.0. The lowest BCUT2D eigenvalue weighted by Crippen LogP contribution is -2.40. The van der Waals surface area contributed by atoms with Crippen LogP contribution in [0.5, 0.6) is 0 Å². The first-order valence-corrected chi connectivity index (χ1v) is 11.5. The Labute approximate surface area is 130 Å². The Hall–Kier alpha value is -1.41. The van der Waals surface area contributed by atoms with Crippen LogP contribution in [0.2, 0.25) is 19.6 Å². The standard InChI is InChI=1S/C19H27NSi/c1-6-7-8-17-13-18(16-11-9-15(2)10-12-16)20-14-19(17)21(3,4)5/h9-14H,6-8H2,1-5H3. The predicted octanol–water partition coefficient (Wildman–Crippen LogP) is 4.94. The lowest BCUT2D eigenvalue weighted by Gasteiger charge is -2.21. The molecule has 0 saturated heterocycles. The van der Waals surface area contributed by atoms with Gasteiger partial charge >= 0.3 is 0 Å². The lowest BCUT2D eigenvalue weighted by atomic mass is 10.0. The maximum absolute atomic E-state index is 4.75. The number of aromatic nitrogens is 1. The highest BCUT2D eigenvalue weighted by atomic mass is 28.3.